The van der Waals surface area contributed by atoms with E-state index in [4.69, 9.17) is 4.74 Å². The van der Waals surface area contributed by atoms with E-state index in [2.05, 4.69) is 12.2 Å². The Bertz CT molecular complexity index is 340. The minimum absolute atomic E-state index is 0.00407. The summed E-state index contributed by atoms with van der Waals surface area (Å²) in [7, 11) is 0. The highest BCUT2D eigenvalue weighted by Crippen LogP contribution is 2.28. The first kappa shape index (κ1) is 10.6. The van der Waals surface area contributed by atoms with E-state index in [-0.39, 0.29) is 11.9 Å². The zero-order chi connectivity index (χ0) is 10.7. The van der Waals surface area contributed by atoms with Gasteiger partial charge in [-0.1, -0.05) is 19.1 Å². The maximum Gasteiger partial charge on any atom is 0.126 e. The normalized spacial score (nSPS) is 20.0. The predicted molar refractivity (Wildman–Crippen MR) is 57.3 cm³/mol. The molecule has 0 fully saturated rings. The van der Waals surface area contributed by atoms with Gasteiger partial charge in [-0.2, -0.15) is 0 Å². The van der Waals surface area contributed by atoms with Crippen molar-refractivity contribution in [3.8, 4) is 0 Å². The molecule has 0 aliphatic carbocycles. The summed E-state index contributed by atoms with van der Waals surface area (Å²) in [6.45, 7) is 4.33. The van der Waals surface area contributed by atoms with Crippen LogP contribution in [0, 0.1) is 5.82 Å². The van der Waals surface area contributed by atoms with E-state index in [1.165, 1.54) is 6.07 Å². The van der Waals surface area contributed by atoms with Gasteiger partial charge in [-0.05, 0) is 30.2 Å². The minimum Gasteiger partial charge on any atom is -0.372 e. The van der Waals surface area contributed by atoms with Gasteiger partial charge in [0.25, 0.3) is 0 Å². The summed E-state index contributed by atoms with van der Waals surface area (Å²) in [5.74, 6) is -0.0997. The predicted octanol–water partition coefficient (Wildman–Crippen LogP) is 2.05. The van der Waals surface area contributed by atoms with E-state index in [1.807, 2.05) is 6.07 Å². The average molecular weight is 209 g/mol. The van der Waals surface area contributed by atoms with Crippen molar-refractivity contribution in [3.63, 3.8) is 0 Å². The third-order valence-electron chi connectivity index (χ3n) is 2.75. The van der Waals surface area contributed by atoms with Gasteiger partial charge in [-0.25, -0.2) is 4.39 Å². The van der Waals surface area contributed by atoms with Crippen LogP contribution < -0.4 is 5.32 Å². The second kappa shape index (κ2) is 4.73. The van der Waals surface area contributed by atoms with Crippen LogP contribution in [0.4, 0.5) is 4.39 Å². The number of nitrogens with one attached hydrogen (secondary N) is 1. The summed E-state index contributed by atoms with van der Waals surface area (Å²) in [6.07, 6.45) is 0.689. The molecule has 1 aromatic rings. The maximum atomic E-state index is 13.5. The SMILES string of the molecule is CCNCC1OCCc2c(F)cccc21. The van der Waals surface area contributed by atoms with E-state index in [0.717, 1.165) is 24.2 Å². The van der Waals surface area contributed by atoms with Gasteiger partial charge in [-0.15, -0.1) is 0 Å². The number of likely N-dealkylation sites (N-methyl/N-ethyl adjacent to an activating group) is 1. The number of hydrogen-bond donors (Lipinski definition) is 1. The quantitative estimate of drug-likeness (QED) is 0.822. The summed E-state index contributed by atoms with van der Waals surface area (Å²) < 4.78 is 19.1. The van der Waals surface area contributed by atoms with Crippen LogP contribution in [0.2, 0.25) is 0 Å². The maximum absolute atomic E-state index is 13.5. The molecule has 1 aliphatic rings. The summed E-state index contributed by atoms with van der Waals surface area (Å²) >= 11 is 0. The molecule has 1 unspecified atom stereocenters. The van der Waals surface area contributed by atoms with Gasteiger partial charge in [0.1, 0.15) is 5.82 Å². The molecule has 0 saturated heterocycles. The molecule has 1 aliphatic heterocycles. The summed E-state index contributed by atoms with van der Waals surface area (Å²) in [6, 6.07) is 5.23. The van der Waals surface area contributed by atoms with Crippen LogP contribution >= 0.6 is 0 Å². The zero-order valence-electron chi connectivity index (χ0n) is 8.92. The molecule has 0 radical (unpaired) electrons. The Hall–Kier alpha value is -0.930. The number of ether oxygens (including phenoxy) is 1. The first-order chi connectivity index (χ1) is 7.33. The van der Waals surface area contributed by atoms with Gasteiger partial charge in [0, 0.05) is 6.54 Å². The summed E-state index contributed by atoms with van der Waals surface area (Å²) in [4.78, 5) is 0. The lowest BCUT2D eigenvalue weighted by molar-refractivity contribution is 0.0418. The fourth-order valence-electron chi connectivity index (χ4n) is 1.98. The van der Waals surface area contributed by atoms with Crippen molar-refractivity contribution in [1.82, 2.24) is 5.32 Å². The second-order valence-corrected chi connectivity index (χ2v) is 3.72. The third kappa shape index (κ3) is 2.19. The van der Waals surface area contributed by atoms with E-state index in [9.17, 15) is 4.39 Å². The molecule has 1 atom stereocenters. The number of halogens is 1. The fourth-order valence-corrected chi connectivity index (χ4v) is 1.98. The van der Waals surface area contributed by atoms with Gasteiger partial charge >= 0.3 is 0 Å². The van der Waals surface area contributed by atoms with Gasteiger partial charge in [0.2, 0.25) is 0 Å². The van der Waals surface area contributed by atoms with E-state index < -0.39 is 0 Å². The molecule has 15 heavy (non-hydrogen) atoms. The van der Waals surface area contributed by atoms with E-state index >= 15 is 0 Å². The van der Waals surface area contributed by atoms with Crippen LogP contribution in [0.5, 0.6) is 0 Å². The van der Waals surface area contributed by atoms with Crippen LogP contribution in [0.25, 0.3) is 0 Å². The van der Waals surface area contributed by atoms with Crippen molar-refractivity contribution in [2.24, 2.45) is 0 Å². The fraction of sp³-hybridized carbons (Fsp3) is 0.500. The average Bonchev–Trinajstić information content (AvgIpc) is 2.27. The Morgan fingerprint density at radius 1 is 1.53 bits per heavy atom. The Kier molecular flexibility index (Phi) is 3.34. The van der Waals surface area contributed by atoms with Crippen molar-refractivity contribution in [2.75, 3.05) is 19.7 Å². The molecule has 2 rings (SSSR count). The van der Waals surface area contributed by atoms with Crippen LogP contribution in [0.1, 0.15) is 24.2 Å². The summed E-state index contributed by atoms with van der Waals surface area (Å²) in [5.41, 5.74) is 1.83. The largest absolute Gasteiger partial charge is 0.372 e. The zero-order valence-corrected chi connectivity index (χ0v) is 8.92. The lowest BCUT2D eigenvalue weighted by Crippen LogP contribution is -2.27. The monoisotopic (exact) mass is 209 g/mol. The van der Waals surface area contributed by atoms with Crippen molar-refractivity contribution in [3.05, 3.63) is 35.1 Å². The summed E-state index contributed by atoms with van der Waals surface area (Å²) in [5, 5.41) is 3.23. The molecule has 82 valence electrons. The number of hydrogen-bond acceptors (Lipinski definition) is 2. The molecule has 3 heteroatoms. The molecule has 0 bridgehead atoms. The van der Waals surface area contributed by atoms with Crippen LogP contribution in [0.3, 0.4) is 0 Å². The smallest absolute Gasteiger partial charge is 0.126 e. The molecule has 0 saturated carbocycles. The minimum atomic E-state index is -0.0997. The van der Waals surface area contributed by atoms with Gasteiger partial charge in [-0.3, -0.25) is 0 Å². The van der Waals surface area contributed by atoms with E-state index in [1.54, 1.807) is 6.07 Å². The van der Waals surface area contributed by atoms with Gasteiger partial charge < -0.3 is 10.1 Å². The van der Waals surface area contributed by atoms with Crippen LogP contribution in [-0.2, 0) is 11.2 Å². The Balaban J connectivity index is 2.22. The van der Waals surface area contributed by atoms with Crippen LogP contribution in [-0.4, -0.2) is 19.7 Å². The first-order valence-electron chi connectivity index (χ1n) is 5.42. The molecule has 0 amide bonds. The standard InChI is InChI=1S/C12H16FNO/c1-2-14-8-12-10-4-3-5-11(13)9(10)6-7-15-12/h3-5,12,14H,2,6-8H2,1H3. The highest BCUT2D eigenvalue weighted by Gasteiger charge is 2.22. The molecular weight excluding hydrogens is 193 g/mol. The highest BCUT2D eigenvalue weighted by atomic mass is 19.1. The third-order valence-corrected chi connectivity index (χ3v) is 2.75. The topological polar surface area (TPSA) is 21.3 Å². The van der Waals surface area contributed by atoms with Crippen molar-refractivity contribution >= 4 is 0 Å². The number of rotatable bonds is 3. The molecule has 1 aromatic carbocycles. The van der Waals surface area contributed by atoms with Crippen molar-refractivity contribution in [1.29, 1.82) is 0 Å². The van der Waals surface area contributed by atoms with Crippen molar-refractivity contribution in [2.45, 2.75) is 19.4 Å². The number of fused-ring (bicyclic) bond motifs is 1. The van der Waals surface area contributed by atoms with Gasteiger partial charge in [0.05, 0.1) is 12.7 Å². The number of benzene rings is 1. The molecule has 0 spiro atoms. The second-order valence-electron chi connectivity index (χ2n) is 3.72. The Morgan fingerprint density at radius 2 is 2.40 bits per heavy atom. The Morgan fingerprint density at radius 3 is 3.20 bits per heavy atom. The molecule has 1 N–H and O–H groups in total. The molecule has 1 heterocycles. The van der Waals surface area contributed by atoms with Crippen molar-refractivity contribution < 1.29 is 9.13 Å². The lowest BCUT2D eigenvalue weighted by atomic mass is 9.97. The molecule has 0 aromatic heterocycles. The van der Waals surface area contributed by atoms with Gasteiger partial charge in [0.15, 0.2) is 0 Å². The first-order valence-corrected chi connectivity index (χ1v) is 5.42. The van der Waals surface area contributed by atoms with E-state index in [0.29, 0.717) is 13.0 Å². The Labute approximate surface area is 89.4 Å². The lowest BCUT2D eigenvalue weighted by Gasteiger charge is -2.26. The van der Waals surface area contributed by atoms with Crippen LogP contribution in [0.15, 0.2) is 18.2 Å². The molecule has 2 nitrogen and oxygen atoms in total. The molecular formula is C12H16FNO. The highest BCUT2D eigenvalue weighted by molar-refractivity contribution is 5.32.